The van der Waals surface area contributed by atoms with Crippen LogP contribution in [0.5, 0.6) is 0 Å². The third-order valence-corrected chi connectivity index (χ3v) is 10.1. The lowest BCUT2D eigenvalue weighted by molar-refractivity contribution is -0.157. The molecule has 2 heterocycles. The number of hydrogen-bond acceptors (Lipinski definition) is 10. The van der Waals surface area contributed by atoms with Crippen LogP contribution in [-0.2, 0) is 42.8 Å². The van der Waals surface area contributed by atoms with Crippen molar-refractivity contribution in [3.05, 3.63) is 0 Å². The summed E-state index contributed by atoms with van der Waals surface area (Å²) in [6, 6.07) is 0. The molecule has 49 heavy (non-hydrogen) atoms. The third-order valence-electron chi connectivity index (χ3n) is 10.1. The van der Waals surface area contributed by atoms with Crippen LogP contribution in [0.3, 0.4) is 0 Å². The Morgan fingerprint density at radius 1 is 0.612 bits per heavy atom. The van der Waals surface area contributed by atoms with Crippen molar-refractivity contribution in [2.24, 2.45) is 0 Å². The molecule has 0 aliphatic carbocycles. The summed E-state index contributed by atoms with van der Waals surface area (Å²) in [4.78, 5) is 34.6. The Labute approximate surface area is 297 Å². The summed E-state index contributed by atoms with van der Waals surface area (Å²) in [7, 11) is 2.84. The van der Waals surface area contributed by atoms with Crippen LogP contribution in [0.2, 0.25) is 0 Å². The molecule has 0 radical (unpaired) electrons. The maximum absolute atomic E-state index is 11.8. The lowest BCUT2D eigenvalue weighted by Gasteiger charge is -2.32. The molecule has 0 aromatic heterocycles. The minimum Gasteiger partial charge on any atom is -0.469 e. The first-order chi connectivity index (χ1) is 23.9. The van der Waals surface area contributed by atoms with E-state index in [1.165, 1.54) is 33.5 Å². The first kappa shape index (κ1) is 43.4. The van der Waals surface area contributed by atoms with Gasteiger partial charge in [0.05, 0.1) is 56.9 Å². The number of aliphatic hydroxyl groups excluding tert-OH is 1. The van der Waals surface area contributed by atoms with Gasteiger partial charge in [-0.3, -0.25) is 14.4 Å². The van der Waals surface area contributed by atoms with Crippen molar-refractivity contribution < 1.29 is 47.9 Å². The van der Waals surface area contributed by atoms with Crippen LogP contribution in [0.25, 0.3) is 0 Å². The third kappa shape index (κ3) is 20.0. The van der Waals surface area contributed by atoms with Crippen LogP contribution >= 0.6 is 0 Å². The van der Waals surface area contributed by atoms with Gasteiger partial charge in [0, 0.05) is 25.7 Å². The number of unbranched alkanes of at least 4 members (excludes halogenated alkanes) is 12. The second-order valence-corrected chi connectivity index (χ2v) is 14.2. The Kier molecular flexibility index (Phi) is 23.9. The summed E-state index contributed by atoms with van der Waals surface area (Å²) in [6.07, 6.45) is 20.3. The molecule has 0 aromatic carbocycles. The zero-order chi connectivity index (χ0) is 35.7. The predicted molar refractivity (Wildman–Crippen MR) is 189 cm³/mol. The predicted octanol–water partition coefficient (Wildman–Crippen LogP) is 7.93. The van der Waals surface area contributed by atoms with Gasteiger partial charge in [0.15, 0.2) is 0 Å². The van der Waals surface area contributed by atoms with Crippen LogP contribution in [0.1, 0.15) is 168 Å². The number of hydrogen-bond donors (Lipinski definition) is 1. The molecule has 2 rings (SSSR count). The van der Waals surface area contributed by atoms with Gasteiger partial charge in [-0.15, -0.1) is 0 Å². The van der Waals surface area contributed by atoms with E-state index in [-0.39, 0.29) is 42.5 Å². The highest BCUT2D eigenvalue weighted by Crippen LogP contribution is 2.36. The second-order valence-electron chi connectivity index (χ2n) is 14.2. The highest BCUT2D eigenvalue weighted by molar-refractivity contribution is 5.69. The van der Waals surface area contributed by atoms with E-state index in [2.05, 4.69) is 13.8 Å². The number of methoxy groups -OCH3 is 2. The van der Waals surface area contributed by atoms with Gasteiger partial charge < -0.3 is 33.5 Å². The maximum atomic E-state index is 11.8. The molecule has 10 heteroatoms. The van der Waals surface area contributed by atoms with E-state index in [1.807, 2.05) is 0 Å². The van der Waals surface area contributed by atoms with Crippen LogP contribution in [0, 0.1) is 0 Å². The number of aliphatic hydroxyl groups is 1. The fraction of sp³-hybridized carbons (Fsp3) is 0.923. The molecule has 2 aliphatic rings. The van der Waals surface area contributed by atoms with Crippen molar-refractivity contribution in [3.63, 3.8) is 0 Å². The molecule has 1 N–H and O–H groups in total. The molecule has 286 valence electrons. The minimum absolute atomic E-state index is 0.0588. The van der Waals surface area contributed by atoms with Gasteiger partial charge in [0.1, 0.15) is 6.10 Å². The number of esters is 2. The lowest BCUT2D eigenvalue weighted by Crippen LogP contribution is -2.41. The number of carbonyl (C=O) groups excluding carboxylic acids is 3. The fourth-order valence-corrected chi connectivity index (χ4v) is 6.85. The molecule has 0 spiro atoms. The summed E-state index contributed by atoms with van der Waals surface area (Å²) in [6.45, 7) is 4.92. The zero-order valence-electron chi connectivity index (χ0n) is 31.3. The van der Waals surface area contributed by atoms with Gasteiger partial charge in [0.2, 0.25) is 0 Å². The largest absolute Gasteiger partial charge is 0.469 e. The Morgan fingerprint density at radius 2 is 1.08 bits per heavy atom. The molecular weight excluding hydrogens is 628 g/mol. The summed E-state index contributed by atoms with van der Waals surface area (Å²) in [5.74, 6) is -0.344. The van der Waals surface area contributed by atoms with Crippen LogP contribution in [-0.4, -0.2) is 86.6 Å². The molecule has 10 nitrogen and oxygen atoms in total. The van der Waals surface area contributed by atoms with Gasteiger partial charge >= 0.3 is 11.9 Å². The molecule has 2 fully saturated rings. The first-order valence-corrected chi connectivity index (χ1v) is 19.7. The first-order valence-electron chi connectivity index (χ1n) is 19.7. The molecule has 0 aromatic rings. The standard InChI is InChI=1S/C39H70O10/c1-5-7-15-22-32-36(48-32)27-34(30(41)21-17-11-9-13-19-25-38(42)44-3)47-31(24-18-12-10-14-20-26-39(43)45-4)35(46-29-40)28-37-33(49-37)23-16-8-6-2/h29-37,41H,5-28H2,1-4H3. The van der Waals surface area contributed by atoms with Gasteiger partial charge in [-0.25, -0.2) is 0 Å². The molecular formula is C39H70O10. The highest BCUT2D eigenvalue weighted by Gasteiger charge is 2.45. The maximum Gasteiger partial charge on any atom is 0.305 e. The van der Waals surface area contributed by atoms with Crippen molar-refractivity contribution in [1.29, 1.82) is 0 Å². The van der Waals surface area contributed by atoms with Crippen LogP contribution in [0.15, 0.2) is 0 Å². The van der Waals surface area contributed by atoms with E-state index < -0.39 is 18.3 Å². The number of rotatable bonds is 34. The Bertz CT molecular complexity index is 869. The number of ether oxygens (including phenoxy) is 6. The van der Waals surface area contributed by atoms with Gasteiger partial charge in [-0.1, -0.05) is 104 Å². The van der Waals surface area contributed by atoms with Gasteiger partial charge in [-0.2, -0.15) is 0 Å². The highest BCUT2D eigenvalue weighted by atomic mass is 16.6. The molecule has 2 saturated heterocycles. The van der Waals surface area contributed by atoms with E-state index in [0.29, 0.717) is 45.0 Å². The molecule has 8 atom stereocenters. The van der Waals surface area contributed by atoms with E-state index in [1.54, 1.807) is 0 Å². The summed E-state index contributed by atoms with van der Waals surface area (Å²) < 4.78 is 34.1. The van der Waals surface area contributed by atoms with E-state index in [0.717, 1.165) is 96.3 Å². The average molecular weight is 699 g/mol. The Hall–Kier alpha value is -1.75. The minimum atomic E-state index is -0.660. The van der Waals surface area contributed by atoms with Crippen LogP contribution in [0.4, 0.5) is 0 Å². The molecule has 0 bridgehead atoms. The van der Waals surface area contributed by atoms with Gasteiger partial charge in [0.25, 0.3) is 6.47 Å². The lowest BCUT2D eigenvalue weighted by atomic mass is 9.96. The van der Waals surface area contributed by atoms with E-state index >= 15 is 0 Å². The number of epoxide rings is 2. The van der Waals surface area contributed by atoms with Crippen molar-refractivity contribution in [1.82, 2.24) is 0 Å². The zero-order valence-corrected chi connectivity index (χ0v) is 31.3. The van der Waals surface area contributed by atoms with Crippen molar-refractivity contribution in [2.45, 2.75) is 217 Å². The topological polar surface area (TPSA) is 133 Å². The monoisotopic (exact) mass is 698 g/mol. The molecule has 2 aliphatic heterocycles. The number of carbonyl (C=O) groups is 3. The fourth-order valence-electron chi connectivity index (χ4n) is 6.85. The van der Waals surface area contributed by atoms with Gasteiger partial charge in [-0.05, 0) is 38.5 Å². The summed E-state index contributed by atoms with van der Waals surface area (Å²) in [5.41, 5.74) is 0. The van der Waals surface area contributed by atoms with Crippen LogP contribution < -0.4 is 0 Å². The Balaban J connectivity index is 2.03. The normalized spacial score (nSPS) is 22.1. The molecule has 8 unspecified atom stereocenters. The van der Waals surface area contributed by atoms with E-state index in [4.69, 9.17) is 28.4 Å². The Morgan fingerprint density at radius 3 is 1.57 bits per heavy atom. The quantitative estimate of drug-likeness (QED) is 0.0232. The molecule has 0 saturated carbocycles. The summed E-state index contributed by atoms with van der Waals surface area (Å²) >= 11 is 0. The second kappa shape index (κ2) is 27.0. The molecule has 0 amide bonds. The van der Waals surface area contributed by atoms with Crippen molar-refractivity contribution in [2.75, 3.05) is 14.2 Å². The van der Waals surface area contributed by atoms with Crippen molar-refractivity contribution in [3.8, 4) is 0 Å². The smallest absolute Gasteiger partial charge is 0.305 e. The SMILES string of the molecule is CCCCCC1OC1CC(OC(CCCCCCCC(=O)OC)C(CC1OC1CCCCC)OC=O)C(O)CCCCCCCC(=O)OC. The summed E-state index contributed by atoms with van der Waals surface area (Å²) in [5, 5.41) is 11.5. The van der Waals surface area contributed by atoms with Crippen molar-refractivity contribution >= 4 is 18.4 Å². The average Bonchev–Trinajstić information content (AvgIpc) is 4.03. The van der Waals surface area contributed by atoms with E-state index in [9.17, 15) is 19.5 Å².